The van der Waals surface area contributed by atoms with Gasteiger partial charge in [0.2, 0.25) is 0 Å². The topological polar surface area (TPSA) is 17.1 Å². The Balaban J connectivity index is 2.73. The molecule has 1 aromatic rings. The Bertz CT molecular complexity index is 340. The lowest BCUT2D eigenvalue weighted by Gasteiger charge is -2.04. The van der Waals surface area contributed by atoms with Gasteiger partial charge in [0.15, 0.2) is 5.78 Å². The molecule has 1 nitrogen and oxygen atoms in total. The molecule has 0 aliphatic heterocycles. The minimum absolute atomic E-state index is 0.00361. The van der Waals surface area contributed by atoms with Gasteiger partial charge in [-0.05, 0) is 30.5 Å². The summed E-state index contributed by atoms with van der Waals surface area (Å²) in [5, 5.41) is 0. The second-order valence-electron chi connectivity index (χ2n) is 4.01. The van der Waals surface area contributed by atoms with Gasteiger partial charge >= 0.3 is 0 Å². The summed E-state index contributed by atoms with van der Waals surface area (Å²) in [4.78, 5) is 11.7. The third kappa shape index (κ3) is 4.12. The number of carbonyl (C=O) groups is 1. The number of hydrogen-bond donors (Lipinski definition) is 0. The highest BCUT2D eigenvalue weighted by Crippen LogP contribution is 2.17. The van der Waals surface area contributed by atoms with Crippen LogP contribution in [0.5, 0.6) is 0 Å². The van der Waals surface area contributed by atoms with E-state index >= 15 is 0 Å². The van der Waals surface area contributed by atoms with Crippen molar-refractivity contribution < 1.29 is 9.18 Å². The molecule has 0 spiro atoms. The van der Waals surface area contributed by atoms with Crippen LogP contribution in [0.2, 0.25) is 0 Å². The van der Waals surface area contributed by atoms with Crippen LogP contribution in [0.4, 0.5) is 4.39 Å². The van der Waals surface area contributed by atoms with Crippen LogP contribution in [0.3, 0.4) is 0 Å². The van der Waals surface area contributed by atoms with Crippen molar-refractivity contribution in [1.29, 1.82) is 0 Å². The largest absolute Gasteiger partial charge is 0.294 e. The lowest BCUT2D eigenvalue weighted by atomic mass is 10.0. The maximum absolute atomic E-state index is 13.0. The summed E-state index contributed by atoms with van der Waals surface area (Å²) in [6.07, 6.45) is 1.32. The molecule has 0 bridgehead atoms. The van der Waals surface area contributed by atoms with Crippen LogP contribution < -0.4 is 0 Å². The van der Waals surface area contributed by atoms with Crippen LogP contribution in [0, 0.1) is 11.7 Å². The number of Topliss-reactive ketones (excluding diaryl/α,β-unsaturated/α-hetero) is 1. The van der Waals surface area contributed by atoms with Gasteiger partial charge in [0.05, 0.1) is 0 Å². The molecule has 82 valence electrons. The zero-order chi connectivity index (χ0) is 11.4. The van der Waals surface area contributed by atoms with Gasteiger partial charge in [0.1, 0.15) is 5.82 Å². The summed E-state index contributed by atoms with van der Waals surface area (Å²) in [6.45, 7) is 4.13. The van der Waals surface area contributed by atoms with E-state index in [-0.39, 0.29) is 11.6 Å². The Morgan fingerprint density at radius 3 is 2.60 bits per heavy atom. The zero-order valence-corrected chi connectivity index (χ0v) is 10.5. The lowest BCUT2D eigenvalue weighted by Crippen LogP contribution is -2.02. The molecule has 0 amide bonds. The molecule has 0 saturated carbocycles. The van der Waals surface area contributed by atoms with E-state index in [0.29, 0.717) is 22.4 Å². The number of halogens is 2. The maximum atomic E-state index is 13.0. The van der Waals surface area contributed by atoms with Crippen molar-refractivity contribution in [2.75, 3.05) is 0 Å². The highest BCUT2D eigenvalue weighted by molar-refractivity contribution is 9.10. The molecule has 0 saturated heterocycles. The van der Waals surface area contributed by atoms with E-state index in [4.69, 9.17) is 0 Å². The molecular weight excluding hydrogens is 259 g/mol. The average molecular weight is 273 g/mol. The first-order valence-corrected chi connectivity index (χ1v) is 5.77. The van der Waals surface area contributed by atoms with Gasteiger partial charge in [-0.3, -0.25) is 4.79 Å². The highest BCUT2D eigenvalue weighted by atomic mass is 79.9. The predicted octanol–water partition coefficient (Wildman–Crippen LogP) is 4.21. The normalized spacial score (nSPS) is 10.7. The fraction of sp³-hybridized carbons (Fsp3) is 0.417. The number of ketones is 1. The SMILES string of the molecule is CC(C)CCC(=O)c1cc(F)cc(Br)c1. The van der Waals surface area contributed by atoms with Gasteiger partial charge in [-0.2, -0.15) is 0 Å². The van der Waals surface area contributed by atoms with Crippen molar-refractivity contribution in [2.24, 2.45) is 5.92 Å². The fourth-order valence-electron chi connectivity index (χ4n) is 1.28. The molecule has 0 unspecified atom stereocenters. The molecular formula is C12H14BrFO. The van der Waals surface area contributed by atoms with Crippen LogP contribution in [0.1, 0.15) is 37.0 Å². The molecule has 0 atom stereocenters. The van der Waals surface area contributed by atoms with Crippen molar-refractivity contribution in [3.63, 3.8) is 0 Å². The molecule has 0 N–H and O–H groups in total. The molecule has 1 rings (SSSR count). The van der Waals surface area contributed by atoms with Gasteiger partial charge in [0, 0.05) is 16.5 Å². The van der Waals surface area contributed by atoms with Gasteiger partial charge < -0.3 is 0 Å². The monoisotopic (exact) mass is 272 g/mol. The Kier molecular flexibility index (Phi) is 4.45. The van der Waals surface area contributed by atoms with Crippen LogP contribution in [-0.4, -0.2) is 5.78 Å². The molecule has 0 heterocycles. The van der Waals surface area contributed by atoms with E-state index < -0.39 is 0 Å². The van der Waals surface area contributed by atoms with Crippen LogP contribution in [-0.2, 0) is 0 Å². The molecule has 3 heteroatoms. The van der Waals surface area contributed by atoms with E-state index in [1.54, 1.807) is 6.07 Å². The van der Waals surface area contributed by atoms with Gasteiger partial charge in [-0.15, -0.1) is 0 Å². The van der Waals surface area contributed by atoms with Crippen molar-refractivity contribution in [2.45, 2.75) is 26.7 Å². The summed E-state index contributed by atoms with van der Waals surface area (Å²) in [6, 6.07) is 4.29. The van der Waals surface area contributed by atoms with Crippen LogP contribution in [0.15, 0.2) is 22.7 Å². The van der Waals surface area contributed by atoms with E-state index in [2.05, 4.69) is 29.8 Å². The first-order valence-electron chi connectivity index (χ1n) is 4.98. The van der Waals surface area contributed by atoms with E-state index in [9.17, 15) is 9.18 Å². The van der Waals surface area contributed by atoms with E-state index in [0.717, 1.165) is 6.42 Å². The molecule has 0 fully saturated rings. The van der Waals surface area contributed by atoms with Gasteiger partial charge in [-0.25, -0.2) is 4.39 Å². The first kappa shape index (κ1) is 12.4. The average Bonchev–Trinajstić information content (AvgIpc) is 2.12. The van der Waals surface area contributed by atoms with Crippen LogP contribution >= 0.6 is 15.9 Å². The van der Waals surface area contributed by atoms with Crippen molar-refractivity contribution in [3.05, 3.63) is 34.1 Å². The smallest absolute Gasteiger partial charge is 0.163 e. The third-order valence-corrected chi connectivity index (χ3v) is 2.59. The number of carbonyl (C=O) groups excluding carboxylic acids is 1. The molecule has 0 aromatic heterocycles. The van der Waals surface area contributed by atoms with E-state index in [1.807, 2.05) is 0 Å². The Morgan fingerprint density at radius 1 is 1.40 bits per heavy atom. The summed E-state index contributed by atoms with van der Waals surface area (Å²) in [7, 11) is 0. The lowest BCUT2D eigenvalue weighted by molar-refractivity contribution is 0.0975. The molecule has 0 radical (unpaired) electrons. The summed E-state index contributed by atoms with van der Waals surface area (Å²) in [5.41, 5.74) is 0.447. The number of benzene rings is 1. The number of hydrogen-bond acceptors (Lipinski definition) is 1. The van der Waals surface area contributed by atoms with E-state index in [1.165, 1.54) is 12.1 Å². The van der Waals surface area contributed by atoms with Gasteiger partial charge in [-0.1, -0.05) is 29.8 Å². The van der Waals surface area contributed by atoms with Crippen LogP contribution in [0.25, 0.3) is 0 Å². The van der Waals surface area contributed by atoms with Crippen molar-refractivity contribution >= 4 is 21.7 Å². The summed E-state index contributed by atoms with van der Waals surface area (Å²) < 4.78 is 13.6. The summed E-state index contributed by atoms with van der Waals surface area (Å²) in [5.74, 6) is 0.118. The molecule has 1 aromatic carbocycles. The Hall–Kier alpha value is -0.700. The molecule has 15 heavy (non-hydrogen) atoms. The second kappa shape index (κ2) is 5.40. The first-order chi connectivity index (χ1) is 6.99. The minimum atomic E-state index is -0.378. The summed E-state index contributed by atoms with van der Waals surface area (Å²) >= 11 is 3.17. The highest BCUT2D eigenvalue weighted by Gasteiger charge is 2.09. The minimum Gasteiger partial charge on any atom is -0.294 e. The molecule has 0 aliphatic carbocycles. The van der Waals surface area contributed by atoms with Gasteiger partial charge in [0.25, 0.3) is 0 Å². The fourth-order valence-corrected chi connectivity index (χ4v) is 1.74. The Labute approximate surface area is 97.8 Å². The van der Waals surface area contributed by atoms with Crippen molar-refractivity contribution in [3.8, 4) is 0 Å². The third-order valence-electron chi connectivity index (χ3n) is 2.13. The Morgan fingerprint density at radius 2 is 2.07 bits per heavy atom. The van der Waals surface area contributed by atoms with Crippen molar-refractivity contribution in [1.82, 2.24) is 0 Å². The maximum Gasteiger partial charge on any atom is 0.163 e. The quantitative estimate of drug-likeness (QED) is 0.751. The molecule has 0 aliphatic rings. The second-order valence-corrected chi connectivity index (χ2v) is 4.93. The predicted molar refractivity (Wildman–Crippen MR) is 62.5 cm³/mol. The standard InChI is InChI=1S/C12H14BrFO/c1-8(2)3-4-12(15)9-5-10(13)7-11(14)6-9/h5-8H,3-4H2,1-2H3. The number of rotatable bonds is 4. The zero-order valence-electron chi connectivity index (χ0n) is 8.89.